The molecule has 2 aromatic rings. The molecule has 28 heavy (non-hydrogen) atoms. The summed E-state index contributed by atoms with van der Waals surface area (Å²) >= 11 is 0. The van der Waals surface area contributed by atoms with Crippen LogP contribution in [0.15, 0.2) is 60.4 Å². The van der Waals surface area contributed by atoms with Crippen LogP contribution in [-0.4, -0.2) is 34.0 Å². The lowest BCUT2D eigenvalue weighted by Crippen LogP contribution is -1.93. The van der Waals surface area contributed by atoms with Crippen molar-refractivity contribution in [1.29, 1.82) is 0 Å². The van der Waals surface area contributed by atoms with Crippen molar-refractivity contribution >= 4 is 23.7 Å². The summed E-state index contributed by atoms with van der Waals surface area (Å²) in [5, 5.41) is 29.1. The molecule has 0 amide bonds. The van der Waals surface area contributed by atoms with Gasteiger partial charge in [0.2, 0.25) is 0 Å². The molecule has 0 radical (unpaired) electrons. The van der Waals surface area contributed by atoms with Gasteiger partial charge in [0.25, 0.3) is 0 Å². The topological polar surface area (TPSA) is 104 Å². The van der Waals surface area contributed by atoms with Gasteiger partial charge in [0.15, 0.2) is 23.1 Å². The average Bonchev–Trinajstić information content (AvgIpc) is 2.66. The van der Waals surface area contributed by atoms with Crippen molar-refractivity contribution in [2.75, 3.05) is 7.11 Å². The first-order valence-electron chi connectivity index (χ1n) is 8.32. The van der Waals surface area contributed by atoms with Gasteiger partial charge in [0.05, 0.1) is 12.7 Å². The van der Waals surface area contributed by atoms with Crippen LogP contribution in [0.3, 0.4) is 0 Å². The monoisotopic (exact) mass is 380 g/mol. The Kier molecular flexibility index (Phi) is 6.76. The molecule has 0 aliphatic carbocycles. The van der Waals surface area contributed by atoms with Crippen LogP contribution >= 0.6 is 0 Å². The number of methoxy groups -OCH3 is 1. The van der Waals surface area contributed by atoms with Crippen LogP contribution in [-0.2, 0) is 4.79 Å². The number of aliphatic hydroxyl groups is 1. The van der Waals surface area contributed by atoms with Crippen molar-refractivity contribution in [1.82, 2.24) is 0 Å². The molecular formula is C22H20O6. The normalized spacial score (nSPS) is 11.9. The number of rotatable bonds is 7. The Bertz CT molecular complexity index is 983. The fraction of sp³-hybridized carbons (Fsp3) is 0.0909. The van der Waals surface area contributed by atoms with Crippen molar-refractivity contribution in [3.63, 3.8) is 0 Å². The molecule has 3 N–H and O–H groups in total. The van der Waals surface area contributed by atoms with Gasteiger partial charge in [-0.2, -0.15) is 0 Å². The Morgan fingerprint density at radius 1 is 0.929 bits per heavy atom. The second kappa shape index (κ2) is 9.23. The lowest BCUT2D eigenvalue weighted by Gasteiger charge is -2.03. The fourth-order valence-electron chi connectivity index (χ4n) is 2.34. The molecule has 0 saturated heterocycles. The summed E-state index contributed by atoms with van der Waals surface area (Å²) in [7, 11) is 1.42. The second-order valence-electron chi connectivity index (χ2n) is 5.90. The average molecular weight is 380 g/mol. The molecule has 0 aromatic heterocycles. The quantitative estimate of drug-likeness (QED) is 0.290. The minimum Gasteiger partial charge on any atom is -0.508 e. The number of phenolic OH excluding ortho intramolecular Hbond substituents is 2. The number of allylic oxidation sites excluding steroid dienone is 3. The van der Waals surface area contributed by atoms with Crippen LogP contribution in [0, 0.1) is 0 Å². The van der Waals surface area contributed by atoms with Crippen molar-refractivity contribution in [2.45, 2.75) is 6.92 Å². The van der Waals surface area contributed by atoms with E-state index in [-0.39, 0.29) is 34.4 Å². The summed E-state index contributed by atoms with van der Waals surface area (Å²) in [6, 6.07) is 9.08. The number of aromatic hydroxyl groups is 2. The zero-order valence-corrected chi connectivity index (χ0v) is 15.4. The number of hydrogen-bond acceptors (Lipinski definition) is 6. The largest absolute Gasteiger partial charge is 0.508 e. The molecular weight excluding hydrogens is 360 g/mol. The maximum atomic E-state index is 11.9. The molecule has 0 aliphatic heterocycles. The van der Waals surface area contributed by atoms with E-state index in [1.54, 1.807) is 18.2 Å². The van der Waals surface area contributed by atoms with Crippen LogP contribution in [0.5, 0.6) is 17.2 Å². The zero-order chi connectivity index (χ0) is 20.7. The molecule has 6 heteroatoms. The van der Waals surface area contributed by atoms with E-state index in [9.17, 15) is 24.9 Å². The van der Waals surface area contributed by atoms with Crippen molar-refractivity contribution in [2.24, 2.45) is 0 Å². The first kappa shape index (κ1) is 20.5. The Labute approximate surface area is 162 Å². The summed E-state index contributed by atoms with van der Waals surface area (Å²) < 4.78 is 4.99. The van der Waals surface area contributed by atoms with Crippen molar-refractivity contribution < 1.29 is 29.6 Å². The predicted molar refractivity (Wildman–Crippen MR) is 107 cm³/mol. The van der Waals surface area contributed by atoms with Crippen LogP contribution in [0.4, 0.5) is 0 Å². The third-order valence-corrected chi connectivity index (χ3v) is 3.78. The van der Waals surface area contributed by atoms with E-state index in [1.165, 1.54) is 56.5 Å². The third kappa shape index (κ3) is 5.60. The van der Waals surface area contributed by atoms with Crippen molar-refractivity contribution in [3.8, 4) is 17.2 Å². The van der Waals surface area contributed by atoms with E-state index >= 15 is 0 Å². The Hall–Kier alpha value is -3.80. The molecule has 0 spiro atoms. The molecule has 144 valence electrons. The highest BCUT2D eigenvalue weighted by atomic mass is 16.5. The van der Waals surface area contributed by atoms with Gasteiger partial charge in [-0.25, -0.2) is 0 Å². The lowest BCUT2D eigenvalue weighted by molar-refractivity contribution is -0.110. The van der Waals surface area contributed by atoms with Crippen LogP contribution in [0.1, 0.15) is 28.4 Å². The number of Topliss-reactive ketones (excluding diaryl/α,β-unsaturated/α-hetero) is 1. The fourth-order valence-corrected chi connectivity index (χ4v) is 2.34. The highest BCUT2D eigenvalue weighted by molar-refractivity contribution is 6.02. The van der Waals surface area contributed by atoms with Gasteiger partial charge in [-0.3, -0.25) is 9.59 Å². The van der Waals surface area contributed by atoms with E-state index < -0.39 is 5.78 Å². The number of benzene rings is 2. The highest BCUT2D eigenvalue weighted by Crippen LogP contribution is 2.26. The van der Waals surface area contributed by atoms with E-state index in [0.717, 1.165) is 6.08 Å². The molecule has 0 saturated carbocycles. The molecule has 0 heterocycles. The van der Waals surface area contributed by atoms with E-state index in [1.807, 2.05) is 0 Å². The van der Waals surface area contributed by atoms with Crippen molar-refractivity contribution in [3.05, 3.63) is 77.1 Å². The number of phenols is 2. The first-order chi connectivity index (χ1) is 13.3. The summed E-state index contributed by atoms with van der Waals surface area (Å²) in [4.78, 5) is 23.4. The molecule has 2 rings (SSSR count). The summed E-state index contributed by atoms with van der Waals surface area (Å²) in [6.45, 7) is 1.34. The number of ether oxygens (including phenoxy) is 1. The Balaban J connectivity index is 2.08. The molecule has 0 aliphatic rings. The number of carbonyl (C=O) groups is 2. The number of aliphatic hydroxyl groups excluding tert-OH is 1. The smallest absolute Gasteiger partial charge is 0.182 e. The second-order valence-corrected chi connectivity index (χ2v) is 5.90. The molecule has 0 unspecified atom stereocenters. The first-order valence-corrected chi connectivity index (χ1v) is 8.32. The molecule has 2 aromatic carbocycles. The summed E-state index contributed by atoms with van der Waals surface area (Å²) in [6.07, 6.45) is 6.66. The van der Waals surface area contributed by atoms with E-state index in [4.69, 9.17) is 4.74 Å². The van der Waals surface area contributed by atoms with Crippen LogP contribution in [0.25, 0.3) is 12.2 Å². The maximum Gasteiger partial charge on any atom is 0.182 e. The maximum absolute atomic E-state index is 11.9. The summed E-state index contributed by atoms with van der Waals surface area (Å²) in [5.74, 6) is -0.820. The lowest BCUT2D eigenvalue weighted by atomic mass is 10.1. The van der Waals surface area contributed by atoms with Gasteiger partial charge >= 0.3 is 0 Å². The molecule has 0 atom stereocenters. The Morgan fingerprint density at radius 3 is 2.18 bits per heavy atom. The van der Waals surface area contributed by atoms with Crippen LogP contribution < -0.4 is 4.74 Å². The van der Waals surface area contributed by atoms with E-state index in [2.05, 4.69) is 0 Å². The number of carbonyl (C=O) groups excluding carboxylic acids is 2. The van der Waals surface area contributed by atoms with Gasteiger partial charge in [-0.15, -0.1) is 0 Å². The van der Waals surface area contributed by atoms with E-state index in [0.29, 0.717) is 11.1 Å². The van der Waals surface area contributed by atoms with Gasteiger partial charge < -0.3 is 20.1 Å². The SMILES string of the molecule is COc1cc(/C=C/C(=O)/C=C(O)/C=C/c2ccc(O)c(C(C)=O)c2)ccc1O. The van der Waals surface area contributed by atoms with Gasteiger partial charge in [0, 0.05) is 6.08 Å². The van der Waals surface area contributed by atoms with Gasteiger partial charge in [0.1, 0.15) is 11.5 Å². The Morgan fingerprint density at radius 2 is 1.54 bits per heavy atom. The number of hydrogen-bond donors (Lipinski definition) is 3. The standard InChI is InChI=1S/C22H20O6/c1-14(23)19-11-15(5-9-20(19)26)3-7-17(24)13-18(25)8-4-16-6-10-21(27)22(12-16)28-2/h3-13,24,26-27H,1-2H3/b7-3+,8-4+,17-13-. The number of ketones is 2. The van der Waals surface area contributed by atoms with Gasteiger partial charge in [-0.05, 0) is 54.5 Å². The van der Waals surface area contributed by atoms with Crippen LogP contribution in [0.2, 0.25) is 0 Å². The summed E-state index contributed by atoms with van der Waals surface area (Å²) in [5.41, 5.74) is 1.41. The van der Waals surface area contributed by atoms with Gasteiger partial charge in [-0.1, -0.05) is 24.3 Å². The molecule has 6 nitrogen and oxygen atoms in total. The predicted octanol–water partition coefficient (Wildman–Crippen LogP) is 4.05. The minimum atomic E-state index is -0.440. The zero-order valence-electron chi connectivity index (χ0n) is 15.4. The third-order valence-electron chi connectivity index (χ3n) is 3.78. The molecule has 0 fully saturated rings. The minimum absolute atomic E-state index is 0.00387. The highest BCUT2D eigenvalue weighted by Gasteiger charge is 2.06. The molecule has 0 bridgehead atoms.